The highest BCUT2D eigenvalue weighted by Gasteiger charge is 2.13. The molecule has 1 unspecified atom stereocenters. The molecule has 3 rings (SSSR count). The van der Waals surface area contributed by atoms with Crippen molar-refractivity contribution in [2.75, 3.05) is 12.3 Å². The Balaban J connectivity index is 0.00000120. The molecule has 1 fully saturated rings. The maximum atomic E-state index is 4.58. The summed E-state index contributed by atoms with van der Waals surface area (Å²) in [5.41, 5.74) is 2.19. The van der Waals surface area contributed by atoms with Crippen molar-refractivity contribution in [3.63, 3.8) is 0 Å². The largest absolute Gasteiger partial charge is 0.333 e. The van der Waals surface area contributed by atoms with Crippen LogP contribution in [0.25, 0.3) is 11.0 Å². The molecule has 2 N–H and O–H groups in total. The molecule has 5 heteroatoms. The van der Waals surface area contributed by atoms with Gasteiger partial charge in [-0.15, -0.1) is 12.4 Å². The van der Waals surface area contributed by atoms with E-state index in [4.69, 9.17) is 0 Å². The summed E-state index contributed by atoms with van der Waals surface area (Å²) in [5.74, 6) is 1.11. The van der Waals surface area contributed by atoms with Gasteiger partial charge in [-0.1, -0.05) is 30.3 Å². The molecule has 1 aliphatic rings. The smallest absolute Gasteiger partial charge is 0.166 e. The number of piperidine rings is 1. The van der Waals surface area contributed by atoms with E-state index in [1.807, 2.05) is 23.9 Å². The minimum absolute atomic E-state index is 0. The van der Waals surface area contributed by atoms with Gasteiger partial charge in [0.25, 0.3) is 0 Å². The Bertz CT molecular complexity index is 461. The number of para-hydroxylation sites is 2. The van der Waals surface area contributed by atoms with Crippen LogP contribution in [0.1, 0.15) is 19.3 Å². The zero-order valence-corrected chi connectivity index (χ0v) is 11.8. The predicted molar refractivity (Wildman–Crippen MR) is 79.7 cm³/mol. The number of fused-ring (bicyclic) bond motifs is 1. The summed E-state index contributed by atoms with van der Waals surface area (Å²) < 4.78 is 0. The second-order valence-corrected chi connectivity index (χ2v) is 5.53. The van der Waals surface area contributed by atoms with E-state index < -0.39 is 0 Å². The van der Waals surface area contributed by atoms with Gasteiger partial charge in [-0.25, -0.2) is 4.98 Å². The second kappa shape index (κ2) is 6.45. The lowest BCUT2D eigenvalue weighted by molar-refractivity contribution is 0.430. The molecule has 0 radical (unpaired) electrons. The molecule has 0 saturated carbocycles. The number of hydrogen-bond acceptors (Lipinski definition) is 3. The molecule has 1 saturated heterocycles. The quantitative estimate of drug-likeness (QED) is 0.850. The number of halogens is 1. The number of aromatic amines is 1. The van der Waals surface area contributed by atoms with Crippen molar-refractivity contribution in [3.05, 3.63) is 24.3 Å². The van der Waals surface area contributed by atoms with Crippen molar-refractivity contribution < 1.29 is 0 Å². The Morgan fingerprint density at radius 2 is 2.17 bits per heavy atom. The zero-order chi connectivity index (χ0) is 11.5. The summed E-state index contributed by atoms with van der Waals surface area (Å²) in [6.45, 7) is 1.17. The van der Waals surface area contributed by atoms with Crippen LogP contribution < -0.4 is 5.32 Å². The number of nitrogens with zero attached hydrogens (tertiary/aromatic N) is 1. The summed E-state index contributed by atoms with van der Waals surface area (Å²) in [6.07, 6.45) is 3.98. The van der Waals surface area contributed by atoms with Gasteiger partial charge in [0.15, 0.2) is 5.16 Å². The average Bonchev–Trinajstić information content (AvgIpc) is 2.80. The maximum absolute atomic E-state index is 4.58. The molecule has 2 aromatic rings. The molecule has 0 aliphatic carbocycles. The molecule has 1 aromatic heterocycles. The molecule has 98 valence electrons. The number of imidazole rings is 1. The minimum Gasteiger partial charge on any atom is -0.333 e. The molecule has 18 heavy (non-hydrogen) atoms. The Kier molecular flexibility index (Phi) is 4.92. The van der Waals surface area contributed by atoms with Gasteiger partial charge in [0.05, 0.1) is 11.0 Å². The number of thioether (sulfide) groups is 1. The molecule has 1 aliphatic heterocycles. The van der Waals surface area contributed by atoms with Crippen LogP contribution in [-0.2, 0) is 0 Å². The lowest BCUT2D eigenvalue weighted by Gasteiger charge is -2.22. The van der Waals surface area contributed by atoms with Crippen LogP contribution in [0.2, 0.25) is 0 Å². The Morgan fingerprint density at radius 1 is 1.28 bits per heavy atom. The first kappa shape index (κ1) is 13.7. The molecule has 3 nitrogen and oxygen atoms in total. The number of aromatic nitrogens is 2. The number of rotatable bonds is 3. The van der Waals surface area contributed by atoms with E-state index in [1.54, 1.807) is 0 Å². The van der Waals surface area contributed by atoms with Crippen molar-refractivity contribution in [1.82, 2.24) is 15.3 Å². The van der Waals surface area contributed by atoms with Crippen molar-refractivity contribution in [1.29, 1.82) is 0 Å². The van der Waals surface area contributed by atoms with Gasteiger partial charge in [-0.05, 0) is 31.5 Å². The zero-order valence-electron chi connectivity index (χ0n) is 10.2. The van der Waals surface area contributed by atoms with Crippen molar-refractivity contribution in [2.24, 2.45) is 0 Å². The first-order valence-electron chi connectivity index (χ1n) is 6.23. The highest BCUT2D eigenvalue weighted by molar-refractivity contribution is 7.99. The second-order valence-electron chi connectivity index (χ2n) is 4.52. The van der Waals surface area contributed by atoms with Gasteiger partial charge in [0, 0.05) is 11.8 Å². The van der Waals surface area contributed by atoms with E-state index in [0.29, 0.717) is 6.04 Å². The van der Waals surface area contributed by atoms with Crippen molar-refractivity contribution >= 4 is 35.2 Å². The summed E-state index contributed by atoms with van der Waals surface area (Å²) >= 11 is 1.82. The third-order valence-corrected chi connectivity index (χ3v) is 4.24. The van der Waals surface area contributed by atoms with Crippen LogP contribution in [0, 0.1) is 0 Å². The third kappa shape index (κ3) is 3.19. The molecule has 0 amide bonds. The minimum atomic E-state index is 0. The first-order chi connectivity index (χ1) is 8.42. The summed E-state index contributed by atoms with van der Waals surface area (Å²) in [7, 11) is 0. The fourth-order valence-corrected chi connectivity index (χ4v) is 3.23. The van der Waals surface area contributed by atoms with Gasteiger partial charge in [-0.2, -0.15) is 0 Å². The number of hydrogen-bond donors (Lipinski definition) is 2. The SMILES string of the molecule is Cl.c1ccc2[nH]c(SCC3CCCCN3)nc2c1. The topological polar surface area (TPSA) is 40.7 Å². The lowest BCUT2D eigenvalue weighted by atomic mass is 10.1. The summed E-state index contributed by atoms with van der Waals surface area (Å²) in [5, 5.41) is 4.60. The Labute approximate surface area is 118 Å². The Hall–Kier alpha value is -0.710. The third-order valence-electron chi connectivity index (χ3n) is 3.20. The van der Waals surface area contributed by atoms with Gasteiger partial charge >= 0.3 is 0 Å². The molecule has 1 atom stereocenters. The van der Waals surface area contributed by atoms with E-state index in [1.165, 1.54) is 25.8 Å². The van der Waals surface area contributed by atoms with Crippen LogP contribution in [0.15, 0.2) is 29.4 Å². The van der Waals surface area contributed by atoms with Crippen LogP contribution in [0.4, 0.5) is 0 Å². The van der Waals surface area contributed by atoms with Crippen molar-refractivity contribution in [2.45, 2.75) is 30.5 Å². The fraction of sp³-hybridized carbons (Fsp3) is 0.462. The average molecular weight is 284 g/mol. The normalized spacial score (nSPS) is 19.7. The lowest BCUT2D eigenvalue weighted by Crippen LogP contribution is -2.35. The monoisotopic (exact) mass is 283 g/mol. The summed E-state index contributed by atoms with van der Waals surface area (Å²) in [6, 6.07) is 8.85. The van der Waals surface area contributed by atoms with Gasteiger partial charge < -0.3 is 10.3 Å². The van der Waals surface area contributed by atoms with Crippen LogP contribution in [0.5, 0.6) is 0 Å². The van der Waals surface area contributed by atoms with E-state index in [-0.39, 0.29) is 12.4 Å². The Morgan fingerprint density at radius 3 is 2.94 bits per heavy atom. The van der Waals surface area contributed by atoms with E-state index in [0.717, 1.165) is 21.9 Å². The van der Waals surface area contributed by atoms with Crippen molar-refractivity contribution in [3.8, 4) is 0 Å². The summed E-state index contributed by atoms with van der Waals surface area (Å²) in [4.78, 5) is 7.94. The maximum Gasteiger partial charge on any atom is 0.166 e. The molecular formula is C13H18ClN3S. The number of nitrogens with one attached hydrogen (secondary N) is 2. The van der Waals surface area contributed by atoms with Crippen LogP contribution >= 0.6 is 24.2 Å². The van der Waals surface area contributed by atoms with Gasteiger partial charge in [-0.3, -0.25) is 0 Å². The highest BCUT2D eigenvalue weighted by atomic mass is 35.5. The standard InChI is InChI=1S/C13H17N3S.ClH/c1-2-7-12-11(6-1)15-13(16-12)17-9-10-5-3-4-8-14-10;/h1-2,6-7,10,14H,3-5,8-9H2,(H,15,16);1H. The molecule has 2 heterocycles. The molecule has 0 spiro atoms. The van der Waals surface area contributed by atoms with E-state index >= 15 is 0 Å². The first-order valence-corrected chi connectivity index (χ1v) is 7.21. The highest BCUT2D eigenvalue weighted by Crippen LogP contribution is 2.21. The number of H-pyrrole nitrogens is 1. The molecule has 1 aromatic carbocycles. The van der Waals surface area contributed by atoms with Gasteiger partial charge in [0.1, 0.15) is 0 Å². The van der Waals surface area contributed by atoms with Gasteiger partial charge in [0.2, 0.25) is 0 Å². The fourth-order valence-electron chi connectivity index (χ4n) is 2.24. The molecule has 0 bridgehead atoms. The number of benzene rings is 1. The van der Waals surface area contributed by atoms with Crippen LogP contribution in [0.3, 0.4) is 0 Å². The van der Waals surface area contributed by atoms with E-state index in [9.17, 15) is 0 Å². The van der Waals surface area contributed by atoms with Crippen LogP contribution in [-0.4, -0.2) is 28.3 Å². The van der Waals surface area contributed by atoms with E-state index in [2.05, 4.69) is 27.4 Å². The molecular weight excluding hydrogens is 266 g/mol. The predicted octanol–water partition coefficient (Wildman–Crippen LogP) is 3.22.